The van der Waals surface area contributed by atoms with Crippen LogP contribution in [0, 0.1) is 16.7 Å². The van der Waals surface area contributed by atoms with Gasteiger partial charge in [0.15, 0.2) is 5.78 Å². The number of Topliss-reactive ketones (excluding diaryl/α,β-unsaturated/α-hetero) is 1. The van der Waals surface area contributed by atoms with Crippen LogP contribution in [0.15, 0.2) is 23.0 Å². The second-order valence-corrected chi connectivity index (χ2v) is 9.42. The highest BCUT2D eigenvalue weighted by atomic mass is 16.6. The van der Waals surface area contributed by atoms with Gasteiger partial charge in [0.2, 0.25) is 0 Å². The average molecular weight is 422 g/mol. The number of hydrogen-bond donors (Lipinski definition) is 3. The fourth-order valence-corrected chi connectivity index (χ4v) is 6.18. The summed E-state index contributed by atoms with van der Waals surface area (Å²) in [5.41, 5.74) is -4.62. The number of rotatable bonds is 5. The van der Waals surface area contributed by atoms with E-state index in [4.69, 9.17) is 13.9 Å². The van der Waals surface area contributed by atoms with Crippen molar-refractivity contribution in [2.75, 3.05) is 13.2 Å². The lowest BCUT2D eigenvalue weighted by atomic mass is 9.39. The van der Waals surface area contributed by atoms with E-state index in [-0.39, 0.29) is 19.4 Å². The number of furan rings is 1. The van der Waals surface area contributed by atoms with Gasteiger partial charge in [-0.1, -0.05) is 13.8 Å². The average Bonchev–Trinajstić information content (AvgIpc) is 3.34. The molecule has 0 aromatic carbocycles. The highest BCUT2D eigenvalue weighted by Gasteiger charge is 2.84. The van der Waals surface area contributed by atoms with Crippen molar-refractivity contribution in [3.8, 4) is 0 Å². The van der Waals surface area contributed by atoms with Crippen molar-refractivity contribution in [2.45, 2.75) is 69.9 Å². The Labute approximate surface area is 175 Å². The Morgan fingerprint density at radius 2 is 2.07 bits per heavy atom. The molecule has 8 heteroatoms. The number of aryl methyl sites for hydroxylation is 1. The second-order valence-electron chi connectivity index (χ2n) is 9.42. The fourth-order valence-electron chi connectivity index (χ4n) is 6.18. The Balaban J connectivity index is 1.84. The highest BCUT2D eigenvalue weighted by Crippen LogP contribution is 2.69. The first-order valence-corrected chi connectivity index (χ1v) is 10.5. The van der Waals surface area contributed by atoms with Crippen LogP contribution in [0.5, 0.6) is 0 Å². The van der Waals surface area contributed by atoms with E-state index in [1.54, 1.807) is 19.5 Å². The standard InChI is InChI=1S/C22H30O8/c1-13-17(25)18(26)20(11-29-14(2)23)21(12-30-21)16(24)5-8-22(20,27)19(13,3)7-4-15-6-9-28-10-15/h6,9-10,13,16,18,24,26-27H,4-5,7-8,11-12H2,1-3H3. The first-order chi connectivity index (χ1) is 14.1. The first-order valence-electron chi connectivity index (χ1n) is 10.5. The summed E-state index contributed by atoms with van der Waals surface area (Å²) in [6, 6.07) is 1.83. The van der Waals surface area contributed by atoms with Crippen LogP contribution in [0.2, 0.25) is 0 Å². The van der Waals surface area contributed by atoms with E-state index in [2.05, 4.69) is 0 Å². The summed E-state index contributed by atoms with van der Waals surface area (Å²) < 4.78 is 16.1. The molecule has 1 aliphatic heterocycles. The molecule has 2 heterocycles. The molecule has 1 spiro atoms. The van der Waals surface area contributed by atoms with Gasteiger partial charge in [-0.25, -0.2) is 0 Å². The number of esters is 1. The van der Waals surface area contributed by atoms with Crippen molar-refractivity contribution in [1.82, 2.24) is 0 Å². The summed E-state index contributed by atoms with van der Waals surface area (Å²) in [6.45, 7) is 4.47. The maximum atomic E-state index is 13.3. The lowest BCUT2D eigenvalue weighted by molar-refractivity contribution is -0.304. The van der Waals surface area contributed by atoms with E-state index in [1.807, 2.05) is 13.0 Å². The van der Waals surface area contributed by atoms with Gasteiger partial charge < -0.3 is 29.2 Å². The summed E-state index contributed by atoms with van der Waals surface area (Å²) in [5, 5.41) is 34.4. The molecule has 3 fully saturated rings. The summed E-state index contributed by atoms with van der Waals surface area (Å²) in [4.78, 5) is 25.0. The van der Waals surface area contributed by atoms with Gasteiger partial charge in [0.1, 0.15) is 23.7 Å². The normalized spacial score (nSPS) is 45.3. The number of ether oxygens (including phenoxy) is 2. The zero-order valence-corrected chi connectivity index (χ0v) is 17.6. The molecular formula is C22H30O8. The second kappa shape index (κ2) is 6.88. The van der Waals surface area contributed by atoms with E-state index in [1.165, 1.54) is 6.92 Å². The molecule has 1 aromatic rings. The minimum atomic E-state index is -1.65. The number of carbonyl (C=O) groups excluding carboxylic acids is 2. The first kappa shape index (κ1) is 21.5. The molecule has 166 valence electrons. The SMILES string of the molecule is CC(=O)OCC12C(O)C(=O)C(C)C(C)(CCc3ccoc3)C1(O)CCC(O)C21CO1. The molecule has 7 unspecified atom stereocenters. The van der Waals surface area contributed by atoms with Crippen molar-refractivity contribution < 1.29 is 38.8 Å². The van der Waals surface area contributed by atoms with Gasteiger partial charge in [0.05, 0.1) is 30.8 Å². The Morgan fingerprint density at radius 1 is 1.37 bits per heavy atom. The van der Waals surface area contributed by atoms with Crippen LogP contribution in [0.25, 0.3) is 0 Å². The number of carbonyl (C=O) groups is 2. The van der Waals surface area contributed by atoms with Crippen LogP contribution < -0.4 is 0 Å². The lowest BCUT2D eigenvalue weighted by Gasteiger charge is -2.67. The van der Waals surface area contributed by atoms with E-state index >= 15 is 0 Å². The third-order valence-electron chi connectivity index (χ3n) is 8.35. The number of fused-ring (bicyclic) bond motifs is 2. The molecular weight excluding hydrogens is 392 g/mol. The third kappa shape index (κ3) is 2.54. The van der Waals surface area contributed by atoms with Crippen molar-refractivity contribution in [1.29, 1.82) is 0 Å². The zero-order chi connectivity index (χ0) is 21.9. The van der Waals surface area contributed by atoms with Crippen LogP contribution in [0.4, 0.5) is 0 Å². The topological polar surface area (TPSA) is 130 Å². The van der Waals surface area contributed by atoms with Gasteiger partial charge >= 0.3 is 5.97 Å². The molecule has 30 heavy (non-hydrogen) atoms. The van der Waals surface area contributed by atoms with Crippen LogP contribution >= 0.6 is 0 Å². The molecule has 0 radical (unpaired) electrons. The van der Waals surface area contributed by atoms with Crippen molar-refractivity contribution in [3.63, 3.8) is 0 Å². The third-order valence-corrected chi connectivity index (χ3v) is 8.35. The fraction of sp³-hybridized carbons (Fsp3) is 0.727. The van der Waals surface area contributed by atoms with E-state index in [0.717, 1.165) is 5.56 Å². The van der Waals surface area contributed by atoms with Crippen LogP contribution in [-0.2, 0) is 25.5 Å². The lowest BCUT2D eigenvalue weighted by Crippen LogP contribution is -2.81. The molecule has 2 saturated carbocycles. The molecule has 0 bridgehead atoms. The van der Waals surface area contributed by atoms with Gasteiger partial charge in [0, 0.05) is 18.3 Å². The Hall–Kier alpha value is -1.74. The highest BCUT2D eigenvalue weighted by molar-refractivity contribution is 5.89. The van der Waals surface area contributed by atoms with Gasteiger partial charge in [0.25, 0.3) is 0 Å². The number of hydrogen-bond acceptors (Lipinski definition) is 8. The maximum Gasteiger partial charge on any atom is 0.302 e. The molecule has 3 aliphatic rings. The Morgan fingerprint density at radius 3 is 2.63 bits per heavy atom. The molecule has 3 N–H and O–H groups in total. The van der Waals surface area contributed by atoms with Gasteiger partial charge in [-0.2, -0.15) is 0 Å². The van der Waals surface area contributed by atoms with Crippen LogP contribution in [0.3, 0.4) is 0 Å². The Kier molecular flexibility index (Phi) is 4.93. The summed E-state index contributed by atoms with van der Waals surface area (Å²) in [5.74, 6) is -1.69. The number of aliphatic hydroxyl groups excluding tert-OH is 2. The molecule has 4 rings (SSSR count). The quantitative estimate of drug-likeness (QED) is 0.473. The summed E-state index contributed by atoms with van der Waals surface area (Å²) in [6.07, 6.45) is 1.99. The smallest absolute Gasteiger partial charge is 0.302 e. The Bertz CT molecular complexity index is 830. The predicted octanol–water partition coefficient (Wildman–Crippen LogP) is 1.00. The van der Waals surface area contributed by atoms with E-state index in [9.17, 15) is 24.9 Å². The molecule has 2 aliphatic carbocycles. The van der Waals surface area contributed by atoms with Crippen molar-refractivity contribution >= 4 is 11.8 Å². The summed E-state index contributed by atoms with van der Waals surface area (Å²) in [7, 11) is 0. The molecule has 1 saturated heterocycles. The van der Waals surface area contributed by atoms with E-state index in [0.29, 0.717) is 12.8 Å². The van der Waals surface area contributed by atoms with Crippen molar-refractivity contribution in [3.05, 3.63) is 24.2 Å². The monoisotopic (exact) mass is 422 g/mol. The minimum absolute atomic E-state index is 0.0777. The van der Waals surface area contributed by atoms with Crippen molar-refractivity contribution in [2.24, 2.45) is 16.7 Å². The largest absolute Gasteiger partial charge is 0.472 e. The van der Waals surface area contributed by atoms with Gasteiger partial charge in [-0.15, -0.1) is 0 Å². The summed E-state index contributed by atoms with van der Waals surface area (Å²) >= 11 is 0. The minimum Gasteiger partial charge on any atom is -0.472 e. The van der Waals surface area contributed by atoms with Crippen LogP contribution in [0.1, 0.15) is 45.6 Å². The number of ketones is 1. The van der Waals surface area contributed by atoms with Crippen LogP contribution in [-0.4, -0.2) is 63.7 Å². The number of epoxide rings is 1. The van der Waals surface area contributed by atoms with Gasteiger partial charge in [-0.3, -0.25) is 9.59 Å². The van der Waals surface area contributed by atoms with Gasteiger partial charge in [-0.05, 0) is 37.3 Å². The molecule has 1 aromatic heterocycles. The maximum absolute atomic E-state index is 13.3. The zero-order valence-electron chi connectivity index (χ0n) is 17.6. The number of aliphatic hydroxyl groups is 3. The van der Waals surface area contributed by atoms with E-state index < -0.39 is 58.5 Å². The molecule has 7 atom stereocenters. The predicted molar refractivity (Wildman–Crippen MR) is 103 cm³/mol. The molecule has 0 amide bonds. The molecule has 8 nitrogen and oxygen atoms in total.